The fourth-order valence-electron chi connectivity index (χ4n) is 3.67. The van der Waals surface area contributed by atoms with E-state index in [1.807, 2.05) is 18.5 Å². The van der Waals surface area contributed by atoms with Gasteiger partial charge in [-0.25, -0.2) is 9.97 Å². The number of hydrogen-bond donors (Lipinski definition) is 1. The minimum Gasteiger partial charge on any atom is -0.341 e. The first kappa shape index (κ1) is 13.8. The van der Waals surface area contributed by atoms with Crippen molar-refractivity contribution in [3.63, 3.8) is 0 Å². The van der Waals surface area contributed by atoms with Crippen LogP contribution in [0.2, 0.25) is 0 Å². The standard InChI is InChI=1S/C16H26N4/c1-13(14-5-2-3-6-14)19-15-7-11-20(12-8-15)16-17-9-4-10-18-16/h4,9-10,13-15,19H,2-3,5-8,11-12H2,1H3. The molecule has 2 heterocycles. The second-order valence-corrected chi connectivity index (χ2v) is 6.31. The zero-order valence-electron chi connectivity index (χ0n) is 12.5. The van der Waals surface area contributed by atoms with Crippen molar-refractivity contribution in [1.29, 1.82) is 0 Å². The topological polar surface area (TPSA) is 41.0 Å². The van der Waals surface area contributed by atoms with E-state index in [9.17, 15) is 0 Å². The predicted octanol–water partition coefficient (Wildman–Crippen LogP) is 2.61. The quantitative estimate of drug-likeness (QED) is 0.916. The molecule has 1 aromatic rings. The van der Waals surface area contributed by atoms with Gasteiger partial charge < -0.3 is 10.2 Å². The minimum atomic E-state index is 0.672. The Morgan fingerprint density at radius 1 is 1.10 bits per heavy atom. The van der Waals surface area contributed by atoms with E-state index in [-0.39, 0.29) is 0 Å². The van der Waals surface area contributed by atoms with Gasteiger partial charge in [0.05, 0.1) is 0 Å². The minimum absolute atomic E-state index is 0.672. The molecule has 2 aliphatic rings. The lowest BCUT2D eigenvalue weighted by Gasteiger charge is -2.35. The lowest BCUT2D eigenvalue weighted by molar-refractivity contribution is 0.309. The Morgan fingerprint density at radius 3 is 2.40 bits per heavy atom. The third-order valence-corrected chi connectivity index (χ3v) is 4.94. The van der Waals surface area contributed by atoms with Crippen LogP contribution in [0.3, 0.4) is 0 Å². The number of nitrogens with one attached hydrogen (secondary N) is 1. The molecule has 1 unspecified atom stereocenters. The molecule has 0 amide bonds. The normalized spacial score (nSPS) is 23.1. The number of piperidine rings is 1. The molecule has 0 aromatic carbocycles. The van der Waals surface area contributed by atoms with Crippen LogP contribution in [0.4, 0.5) is 5.95 Å². The van der Waals surface area contributed by atoms with Crippen LogP contribution in [0.5, 0.6) is 0 Å². The summed E-state index contributed by atoms with van der Waals surface area (Å²) in [5, 5.41) is 3.87. The Morgan fingerprint density at radius 2 is 1.75 bits per heavy atom. The van der Waals surface area contributed by atoms with Crippen LogP contribution in [0.25, 0.3) is 0 Å². The summed E-state index contributed by atoms with van der Waals surface area (Å²) < 4.78 is 0. The molecule has 3 rings (SSSR count). The van der Waals surface area contributed by atoms with Crippen LogP contribution >= 0.6 is 0 Å². The third kappa shape index (κ3) is 3.29. The second kappa shape index (κ2) is 6.53. The van der Waals surface area contributed by atoms with E-state index in [2.05, 4.69) is 27.1 Å². The summed E-state index contributed by atoms with van der Waals surface area (Å²) >= 11 is 0. The summed E-state index contributed by atoms with van der Waals surface area (Å²) in [6, 6.07) is 3.23. The Bertz CT molecular complexity index is 394. The lowest BCUT2D eigenvalue weighted by Crippen LogP contribution is -2.47. The van der Waals surface area contributed by atoms with Gasteiger partial charge in [0.1, 0.15) is 0 Å². The average molecular weight is 274 g/mol. The summed E-state index contributed by atoms with van der Waals surface area (Å²) in [5.41, 5.74) is 0. The molecule has 1 saturated carbocycles. The van der Waals surface area contributed by atoms with Gasteiger partial charge in [0.15, 0.2) is 0 Å². The van der Waals surface area contributed by atoms with Gasteiger partial charge in [-0.1, -0.05) is 12.8 Å². The SMILES string of the molecule is CC(NC1CCN(c2ncccn2)CC1)C1CCCC1. The monoisotopic (exact) mass is 274 g/mol. The van der Waals surface area contributed by atoms with Crippen molar-refractivity contribution in [2.24, 2.45) is 5.92 Å². The van der Waals surface area contributed by atoms with E-state index in [0.717, 1.165) is 25.0 Å². The molecule has 110 valence electrons. The summed E-state index contributed by atoms with van der Waals surface area (Å²) in [5.74, 6) is 1.79. The summed E-state index contributed by atoms with van der Waals surface area (Å²) in [6.07, 6.45) is 11.8. The van der Waals surface area contributed by atoms with E-state index in [1.54, 1.807) is 0 Å². The molecular formula is C16H26N4. The second-order valence-electron chi connectivity index (χ2n) is 6.31. The highest BCUT2D eigenvalue weighted by Gasteiger charge is 2.26. The maximum Gasteiger partial charge on any atom is 0.225 e. The van der Waals surface area contributed by atoms with E-state index >= 15 is 0 Å². The highest BCUT2D eigenvalue weighted by atomic mass is 15.3. The van der Waals surface area contributed by atoms with Gasteiger partial charge in [-0.3, -0.25) is 0 Å². The molecule has 0 radical (unpaired) electrons. The van der Waals surface area contributed by atoms with Crippen molar-refractivity contribution in [3.05, 3.63) is 18.5 Å². The maximum atomic E-state index is 4.35. The Hall–Kier alpha value is -1.16. The number of anilines is 1. The highest BCUT2D eigenvalue weighted by molar-refractivity contribution is 5.29. The summed E-state index contributed by atoms with van der Waals surface area (Å²) in [6.45, 7) is 4.51. The van der Waals surface area contributed by atoms with Crippen molar-refractivity contribution >= 4 is 5.95 Å². The molecule has 1 atom stereocenters. The molecule has 1 saturated heterocycles. The molecule has 1 N–H and O–H groups in total. The molecule has 0 bridgehead atoms. The Balaban J connectivity index is 1.46. The zero-order chi connectivity index (χ0) is 13.8. The van der Waals surface area contributed by atoms with E-state index in [1.165, 1.54) is 38.5 Å². The van der Waals surface area contributed by atoms with Crippen LogP contribution in [-0.2, 0) is 0 Å². The molecule has 2 fully saturated rings. The fraction of sp³-hybridized carbons (Fsp3) is 0.750. The fourth-order valence-corrected chi connectivity index (χ4v) is 3.67. The number of aromatic nitrogens is 2. The van der Waals surface area contributed by atoms with Gasteiger partial charge in [0.25, 0.3) is 0 Å². The number of hydrogen-bond acceptors (Lipinski definition) is 4. The van der Waals surface area contributed by atoms with Crippen molar-refractivity contribution in [2.75, 3.05) is 18.0 Å². The van der Waals surface area contributed by atoms with Crippen LogP contribution < -0.4 is 10.2 Å². The van der Waals surface area contributed by atoms with Crippen LogP contribution in [-0.4, -0.2) is 35.1 Å². The largest absolute Gasteiger partial charge is 0.341 e. The third-order valence-electron chi connectivity index (χ3n) is 4.94. The molecule has 1 aromatic heterocycles. The van der Waals surface area contributed by atoms with Crippen LogP contribution in [0, 0.1) is 5.92 Å². The van der Waals surface area contributed by atoms with Crippen molar-refractivity contribution in [2.45, 2.75) is 57.5 Å². The Labute approximate surface area is 122 Å². The highest BCUT2D eigenvalue weighted by Crippen LogP contribution is 2.28. The molecular weight excluding hydrogens is 248 g/mol. The predicted molar refractivity (Wildman–Crippen MR) is 81.8 cm³/mol. The van der Waals surface area contributed by atoms with Gasteiger partial charge in [0.2, 0.25) is 5.95 Å². The van der Waals surface area contributed by atoms with E-state index in [4.69, 9.17) is 0 Å². The zero-order valence-corrected chi connectivity index (χ0v) is 12.5. The van der Waals surface area contributed by atoms with E-state index < -0.39 is 0 Å². The van der Waals surface area contributed by atoms with Crippen LogP contribution in [0.1, 0.15) is 45.4 Å². The molecule has 4 nitrogen and oxygen atoms in total. The van der Waals surface area contributed by atoms with Gasteiger partial charge in [-0.2, -0.15) is 0 Å². The lowest BCUT2D eigenvalue weighted by atomic mass is 9.96. The van der Waals surface area contributed by atoms with Gasteiger partial charge >= 0.3 is 0 Å². The first-order valence-electron chi connectivity index (χ1n) is 8.11. The van der Waals surface area contributed by atoms with Gasteiger partial charge in [0, 0.05) is 37.6 Å². The molecule has 4 heteroatoms. The first-order chi connectivity index (χ1) is 9.83. The van der Waals surface area contributed by atoms with Crippen molar-refractivity contribution < 1.29 is 0 Å². The maximum absolute atomic E-state index is 4.35. The van der Waals surface area contributed by atoms with Crippen molar-refractivity contribution in [1.82, 2.24) is 15.3 Å². The molecule has 1 aliphatic carbocycles. The summed E-state index contributed by atoms with van der Waals surface area (Å²) in [7, 11) is 0. The van der Waals surface area contributed by atoms with Gasteiger partial charge in [-0.15, -0.1) is 0 Å². The smallest absolute Gasteiger partial charge is 0.225 e. The first-order valence-corrected chi connectivity index (χ1v) is 8.11. The Kier molecular flexibility index (Phi) is 4.51. The molecule has 20 heavy (non-hydrogen) atoms. The molecule has 0 spiro atoms. The number of nitrogens with zero attached hydrogens (tertiary/aromatic N) is 3. The van der Waals surface area contributed by atoms with Gasteiger partial charge in [-0.05, 0) is 44.6 Å². The number of rotatable bonds is 4. The van der Waals surface area contributed by atoms with E-state index in [0.29, 0.717) is 12.1 Å². The van der Waals surface area contributed by atoms with Crippen molar-refractivity contribution in [3.8, 4) is 0 Å². The molecule has 1 aliphatic heterocycles. The summed E-state index contributed by atoms with van der Waals surface area (Å²) in [4.78, 5) is 11.0. The van der Waals surface area contributed by atoms with Crippen LogP contribution in [0.15, 0.2) is 18.5 Å². The average Bonchev–Trinajstić information content (AvgIpc) is 3.03.